The van der Waals surface area contributed by atoms with E-state index in [0.29, 0.717) is 6.04 Å². The van der Waals surface area contributed by atoms with Crippen LogP contribution in [0, 0.1) is 0 Å². The van der Waals surface area contributed by atoms with E-state index in [9.17, 15) is 0 Å². The van der Waals surface area contributed by atoms with Crippen molar-refractivity contribution in [1.82, 2.24) is 4.90 Å². The Bertz CT molecular complexity index is 514. The predicted octanol–water partition coefficient (Wildman–Crippen LogP) is 2.67. The van der Waals surface area contributed by atoms with Crippen LogP contribution in [0.3, 0.4) is 0 Å². The lowest BCUT2D eigenvalue weighted by Gasteiger charge is -2.34. The van der Waals surface area contributed by atoms with Crippen LogP contribution in [-0.2, 0) is 11.3 Å². The van der Waals surface area contributed by atoms with Crippen molar-refractivity contribution in [2.75, 3.05) is 20.3 Å². The molecule has 0 bridgehead atoms. The Labute approximate surface area is 102 Å². The molecule has 0 atom stereocenters. The van der Waals surface area contributed by atoms with Crippen molar-refractivity contribution in [3.63, 3.8) is 0 Å². The van der Waals surface area contributed by atoms with E-state index in [2.05, 4.69) is 54.4 Å². The second-order valence-electron chi connectivity index (χ2n) is 4.74. The Kier molecular flexibility index (Phi) is 2.83. The van der Waals surface area contributed by atoms with Crippen molar-refractivity contribution >= 4 is 10.8 Å². The molecule has 0 spiro atoms. The Hall–Kier alpha value is -1.38. The smallest absolute Gasteiger partial charge is 0.0645 e. The quantitative estimate of drug-likeness (QED) is 0.799. The first kappa shape index (κ1) is 10.8. The summed E-state index contributed by atoms with van der Waals surface area (Å²) in [4.78, 5) is 2.38. The summed E-state index contributed by atoms with van der Waals surface area (Å²) in [5.41, 5.74) is 1.40. The molecular weight excluding hydrogens is 210 g/mol. The summed E-state index contributed by atoms with van der Waals surface area (Å²) in [6.07, 6.45) is 0. The Morgan fingerprint density at radius 1 is 1.12 bits per heavy atom. The Morgan fingerprint density at radius 2 is 1.88 bits per heavy atom. The van der Waals surface area contributed by atoms with Gasteiger partial charge >= 0.3 is 0 Å². The molecule has 1 heterocycles. The fraction of sp³-hybridized carbons (Fsp3) is 0.333. The van der Waals surface area contributed by atoms with Gasteiger partial charge in [-0.25, -0.2) is 0 Å². The van der Waals surface area contributed by atoms with Crippen molar-refractivity contribution in [2.24, 2.45) is 0 Å². The van der Waals surface area contributed by atoms with Crippen LogP contribution >= 0.6 is 0 Å². The summed E-state index contributed by atoms with van der Waals surface area (Å²) < 4.78 is 5.24. The van der Waals surface area contributed by atoms with Crippen LogP contribution in [0.4, 0.5) is 0 Å². The number of benzene rings is 2. The van der Waals surface area contributed by atoms with Crippen LogP contribution in [0.1, 0.15) is 5.56 Å². The Morgan fingerprint density at radius 3 is 2.65 bits per heavy atom. The molecule has 2 heteroatoms. The van der Waals surface area contributed by atoms with Gasteiger partial charge in [0.25, 0.3) is 0 Å². The molecule has 1 aliphatic rings. The van der Waals surface area contributed by atoms with Gasteiger partial charge in [0, 0.05) is 6.54 Å². The summed E-state index contributed by atoms with van der Waals surface area (Å²) >= 11 is 0. The molecule has 17 heavy (non-hydrogen) atoms. The van der Waals surface area contributed by atoms with Gasteiger partial charge in [-0.2, -0.15) is 0 Å². The minimum absolute atomic E-state index is 0.592. The second kappa shape index (κ2) is 4.47. The standard InChI is InChI=1S/C15H17NO/c1-16(14-10-17-11-14)9-13-7-4-6-12-5-2-3-8-15(12)13/h2-8,14H,9-11H2,1H3. The van der Waals surface area contributed by atoms with Crippen LogP contribution in [0.2, 0.25) is 0 Å². The molecule has 1 aliphatic heterocycles. The molecule has 3 rings (SSSR count). The molecule has 2 aromatic carbocycles. The SMILES string of the molecule is CN(Cc1cccc2ccccc12)C1COC1. The molecule has 0 saturated carbocycles. The van der Waals surface area contributed by atoms with Crippen molar-refractivity contribution in [1.29, 1.82) is 0 Å². The third-order valence-corrected chi connectivity index (χ3v) is 3.54. The lowest BCUT2D eigenvalue weighted by molar-refractivity contribution is -0.0585. The largest absolute Gasteiger partial charge is 0.378 e. The molecule has 0 N–H and O–H groups in total. The topological polar surface area (TPSA) is 12.5 Å². The first-order valence-electron chi connectivity index (χ1n) is 6.09. The van der Waals surface area contributed by atoms with E-state index >= 15 is 0 Å². The van der Waals surface area contributed by atoms with E-state index < -0.39 is 0 Å². The van der Waals surface area contributed by atoms with Gasteiger partial charge in [-0.1, -0.05) is 42.5 Å². The maximum Gasteiger partial charge on any atom is 0.0645 e. The number of rotatable bonds is 3. The fourth-order valence-electron chi connectivity index (χ4n) is 2.31. The maximum atomic E-state index is 5.24. The number of fused-ring (bicyclic) bond motifs is 1. The van der Waals surface area contributed by atoms with E-state index in [1.807, 2.05) is 0 Å². The minimum atomic E-state index is 0.592. The zero-order chi connectivity index (χ0) is 11.7. The lowest BCUT2D eigenvalue weighted by Crippen LogP contribution is -2.46. The third kappa shape index (κ3) is 2.06. The van der Waals surface area contributed by atoms with Crippen molar-refractivity contribution in [3.05, 3.63) is 48.0 Å². The number of hydrogen-bond donors (Lipinski definition) is 0. The van der Waals surface area contributed by atoms with Gasteiger partial charge in [-0.3, -0.25) is 4.90 Å². The zero-order valence-electron chi connectivity index (χ0n) is 10.1. The van der Waals surface area contributed by atoms with Crippen LogP contribution in [-0.4, -0.2) is 31.2 Å². The van der Waals surface area contributed by atoms with Gasteiger partial charge in [0.15, 0.2) is 0 Å². The van der Waals surface area contributed by atoms with E-state index in [1.54, 1.807) is 0 Å². The van der Waals surface area contributed by atoms with E-state index in [0.717, 1.165) is 19.8 Å². The van der Waals surface area contributed by atoms with Crippen molar-refractivity contribution in [3.8, 4) is 0 Å². The van der Waals surface area contributed by atoms with Crippen LogP contribution in [0.25, 0.3) is 10.8 Å². The molecule has 0 aliphatic carbocycles. The summed E-state index contributed by atoms with van der Waals surface area (Å²) in [6.45, 7) is 2.75. The third-order valence-electron chi connectivity index (χ3n) is 3.54. The average molecular weight is 227 g/mol. The first-order chi connectivity index (χ1) is 8.34. The molecule has 0 amide bonds. The number of hydrogen-bond acceptors (Lipinski definition) is 2. The van der Waals surface area contributed by atoms with E-state index in [-0.39, 0.29) is 0 Å². The molecular formula is C15H17NO. The summed E-state index contributed by atoms with van der Waals surface area (Å²) in [5.74, 6) is 0. The van der Waals surface area contributed by atoms with Gasteiger partial charge in [0.2, 0.25) is 0 Å². The molecule has 2 aromatic rings. The summed E-state index contributed by atoms with van der Waals surface area (Å²) in [5, 5.41) is 2.69. The molecule has 1 saturated heterocycles. The predicted molar refractivity (Wildman–Crippen MR) is 70.0 cm³/mol. The van der Waals surface area contributed by atoms with Crippen LogP contribution in [0.5, 0.6) is 0 Å². The highest BCUT2D eigenvalue weighted by Gasteiger charge is 2.23. The normalized spacial score (nSPS) is 16.4. The highest BCUT2D eigenvalue weighted by Crippen LogP contribution is 2.21. The van der Waals surface area contributed by atoms with Gasteiger partial charge in [0.05, 0.1) is 19.3 Å². The lowest BCUT2D eigenvalue weighted by atomic mass is 10.0. The van der Waals surface area contributed by atoms with Gasteiger partial charge < -0.3 is 4.74 Å². The molecule has 0 aromatic heterocycles. The van der Waals surface area contributed by atoms with Gasteiger partial charge in [0.1, 0.15) is 0 Å². The summed E-state index contributed by atoms with van der Waals surface area (Å²) in [7, 11) is 2.18. The summed E-state index contributed by atoms with van der Waals surface area (Å²) in [6, 6.07) is 15.7. The number of nitrogens with zero attached hydrogens (tertiary/aromatic N) is 1. The highest BCUT2D eigenvalue weighted by molar-refractivity contribution is 5.85. The molecule has 88 valence electrons. The van der Waals surface area contributed by atoms with E-state index in [4.69, 9.17) is 4.74 Å². The van der Waals surface area contributed by atoms with Gasteiger partial charge in [-0.05, 0) is 23.4 Å². The van der Waals surface area contributed by atoms with Crippen LogP contribution in [0.15, 0.2) is 42.5 Å². The minimum Gasteiger partial charge on any atom is -0.378 e. The maximum absolute atomic E-state index is 5.24. The molecule has 1 fully saturated rings. The highest BCUT2D eigenvalue weighted by atomic mass is 16.5. The van der Waals surface area contributed by atoms with Crippen molar-refractivity contribution < 1.29 is 4.74 Å². The average Bonchev–Trinajstić information content (AvgIpc) is 2.27. The molecule has 0 radical (unpaired) electrons. The van der Waals surface area contributed by atoms with Crippen LogP contribution < -0.4 is 0 Å². The number of ether oxygens (including phenoxy) is 1. The van der Waals surface area contributed by atoms with Gasteiger partial charge in [-0.15, -0.1) is 0 Å². The molecule has 0 unspecified atom stereocenters. The monoisotopic (exact) mass is 227 g/mol. The van der Waals surface area contributed by atoms with E-state index in [1.165, 1.54) is 16.3 Å². The fourth-order valence-corrected chi connectivity index (χ4v) is 2.31. The Balaban J connectivity index is 1.89. The van der Waals surface area contributed by atoms with Crippen molar-refractivity contribution in [2.45, 2.75) is 12.6 Å². The molecule has 2 nitrogen and oxygen atoms in total. The number of likely N-dealkylation sites (N-methyl/N-ethyl adjacent to an activating group) is 1. The second-order valence-corrected chi connectivity index (χ2v) is 4.74. The zero-order valence-corrected chi connectivity index (χ0v) is 10.1. The first-order valence-corrected chi connectivity index (χ1v) is 6.09.